The fraction of sp³-hybridized carbons (Fsp3) is 0.316. The topological polar surface area (TPSA) is 78.4 Å². The summed E-state index contributed by atoms with van der Waals surface area (Å²) in [6, 6.07) is 13.8. The average Bonchev–Trinajstić information content (AvgIpc) is 2.64. The third-order valence-corrected chi connectivity index (χ3v) is 4.09. The van der Waals surface area contributed by atoms with E-state index in [1.54, 1.807) is 6.20 Å². The lowest BCUT2D eigenvalue weighted by molar-refractivity contribution is -0.116. The molecule has 0 radical (unpaired) electrons. The van der Waals surface area contributed by atoms with Crippen LogP contribution >= 0.6 is 24.0 Å². The average molecular weight is 465 g/mol. The highest BCUT2D eigenvalue weighted by Crippen LogP contribution is 2.31. The van der Waals surface area contributed by atoms with Crippen molar-refractivity contribution in [2.45, 2.75) is 25.8 Å². The van der Waals surface area contributed by atoms with Gasteiger partial charge < -0.3 is 16.0 Å². The predicted molar refractivity (Wildman–Crippen MR) is 115 cm³/mol. The number of nitrogens with one attached hydrogen (secondary N) is 3. The summed E-state index contributed by atoms with van der Waals surface area (Å²) in [7, 11) is 0. The first-order chi connectivity index (χ1) is 12.3. The zero-order valence-corrected chi connectivity index (χ0v) is 17.1. The van der Waals surface area contributed by atoms with E-state index in [1.807, 2.05) is 43.3 Å². The number of carbonyl (C=O) groups excluding carboxylic acids is 1. The van der Waals surface area contributed by atoms with Gasteiger partial charge in [-0.25, -0.2) is 4.99 Å². The maximum absolute atomic E-state index is 11.9. The predicted octanol–water partition coefficient (Wildman–Crippen LogP) is 2.88. The molecule has 0 spiro atoms. The molecule has 0 saturated heterocycles. The quantitative estimate of drug-likeness (QED) is 0.361. The number of rotatable bonds is 5. The summed E-state index contributed by atoms with van der Waals surface area (Å²) < 4.78 is 0. The summed E-state index contributed by atoms with van der Waals surface area (Å²) in [6.45, 7) is 3.97. The van der Waals surface area contributed by atoms with Crippen LogP contribution in [-0.4, -0.2) is 29.9 Å². The molecule has 1 aliphatic rings. The second-order valence-corrected chi connectivity index (χ2v) is 5.93. The number of hydrogen-bond donors (Lipinski definition) is 3. The molecule has 1 aromatic heterocycles. The van der Waals surface area contributed by atoms with E-state index in [9.17, 15) is 4.79 Å². The number of amides is 1. The molecule has 0 fully saturated rings. The number of para-hydroxylation sites is 1. The molecule has 0 bridgehead atoms. The van der Waals surface area contributed by atoms with Crippen LogP contribution in [0.1, 0.15) is 30.5 Å². The molecule has 1 amide bonds. The van der Waals surface area contributed by atoms with E-state index in [0.717, 1.165) is 29.4 Å². The van der Waals surface area contributed by atoms with E-state index < -0.39 is 0 Å². The number of anilines is 1. The Balaban J connectivity index is 0.00000243. The van der Waals surface area contributed by atoms with Crippen LogP contribution in [0.2, 0.25) is 0 Å². The van der Waals surface area contributed by atoms with E-state index in [-0.39, 0.29) is 35.8 Å². The number of benzene rings is 1. The summed E-state index contributed by atoms with van der Waals surface area (Å²) in [5.41, 5.74) is 2.98. The van der Waals surface area contributed by atoms with Gasteiger partial charge in [0.1, 0.15) is 0 Å². The molecule has 7 heteroatoms. The number of aliphatic imine (C=N–C) groups is 1. The highest BCUT2D eigenvalue weighted by atomic mass is 127. The lowest BCUT2D eigenvalue weighted by Gasteiger charge is -2.26. The van der Waals surface area contributed by atoms with E-state index in [4.69, 9.17) is 0 Å². The Morgan fingerprint density at radius 1 is 1.23 bits per heavy atom. The molecule has 1 aromatic carbocycles. The van der Waals surface area contributed by atoms with Gasteiger partial charge in [0, 0.05) is 37.3 Å². The Hall–Kier alpha value is -2.16. The van der Waals surface area contributed by atoms with Crippen LogP contribution in [0.3, 0.4) is 0 Å². The van der Waals surface area contributed by atoms with Crippen molar-refractivity contribution in [3.05, 3.63) is 59.9 Å². The summed E-state index contributed by atoms with van der Waals surface area (Å²) in [6.07, 6.45) is 2.24. The van der Waals surface area contributed by atoms with Crippen LogP contribution in [0.5, 0.6) is 0 Å². The minimum absolute atomic E-state index is 0. The van der Waals surface area contributed by atoms with E-state index in [0.29, 0.717) is 19.5 Å². The highest BCUT2D eigenvalue weighted by molar-refractivity contribution is 14.0. The van der Waals surface area contributed by atoms with Crippen molar-refractivity contribution >= 4 is 41.5 Å². The lowest BCUT2D eigenvalue weighted by Crippen LogP contribution is -2.40. The summed E-state index contributed by atoms with van der Waals surface area (Å²) in [5, 5.41) is 9.52. The van der Waals surface area contributed by atoms with Crippen molar-refractivity contribution < 1.29 is 4.79 Å². The first-order valence-electron chi connectivity index (χ1n) is 8.57. The van der Waals surface area contributed by atoms with Crippen molar-refractivity contribution in [1.82, 2.24) is 15.6 Å². The van der Waals surface area contributed by atoms with Gasteiger partial charge in [-0.15, -0.1) is 24.0 Å². The Morgan fingerprint density at radius 2 is 2.04 bits per heavy atom. The van der Waals surface area contributed by atoms with Crippen LogP contribution in [0.25, 0.3) is 0 Å². The highest BCUT2D eigenvalue weighted by Gasteiger charge is 2.24. The third kappa shape index (κ3) is 5.42. The summed E-state index contributed by atoms with van der Waals surface area (Å²) >= 11 is 0. The summed E-state index contributed by atoms with van der Waals surface area (Å²) in [5.74, 6) is 0.918. The number of aromatic nitrogens is 1. The number of pyridine rings is 1. The number of carbonyl (C=O) groups is 1. The minimum Gasteiger partial charge on any atom is -0.357 e. The van der Waals surface area contributed by atoms with Crippen molar-refractivity contribution in [3.63, 3.8) is 0 Å². The van der Waals surface area contributed by atoms with Crippen LogP contribution in [0.4, 0.5) is 5.69 Å². The van der Waals surface area contributed by atoms with Crippen molar-refractivity contribution in [1.29, 1.82) is 0 Å². The first-order valence-corrected chi connectivity index (χ1v) is 8.57. The fourth-order valence-electron chi connectivity index (χ4n) is 2.90. The molecular formula is C19H24IN5O. The van der Waals surface area contributed by atoms with Gasteiger partial charge in [-0.2, -0.15) is 0 Å². The van der Waals surface area contributed by atoms with Gasteiger partial charge in [0.25, 0.3) is 0 Å². The van der Waals surface area contributed by atoms with Gasteiger partial charge in [-0.1, -0.05) is 24.3 Å². The fourth-order valence-corrected chi connectivity index (χ4v) is 2.90. The molecule has 3 rings (SSSR count). The maximum Gasteiger partial charge on any atom is 0.225 e. The van der Waals surface area contributed by atoms with E-state index in [2.05, 4.69) is 32.0 Å². The van der Waals surface area contributed by atoms with Crippen molar-refractivity contribution in [2.75, 3.05) is 18.4 Å². The molecule has 2 heterocycles. The van der Waals surface area contributed by atoms with Gasteiger partial charge in [0.15, 0.2) is 5.96 Å². The van der Waals surface area contributed by atoms with E-state index >= 15 is 0 Å². The van der Waals surface area contributed by atoms with Crippen LogP contribution in [0, 0.1) is 0 Å². The normalized spacial score (nSPS) is 16.1. The smallest absolute Gasteiger partial charge is 0.225 e. The maximum atomic E-state index is 11.9. The van der Waals surface area contributed by atoms with Crippen molar-refractivity contribution in [3.8, 4) is 0 Å². The van der Waals surface area contributed by atoms with Crippen LogP contribution < -0.4 is 16.0 Å². The molecule has 138 valence electrons. The number of hydrogen-bond acceptors (Lipinski definition) is 3. The number of fused-ring (bicyclic) bond motifs is 1. The summed E-state index contributed by atoms with van der Waals surface area (Å²) in [4.78, 5) is 20.8. The molecule has 1 unspecified atom stereocenters. The van der Waals surface area contributed by atoms with Crippen LogP contribution in [-0.2, 0) is 11.3 Å². The number of nitrogens with zero attached hydrogens (tertiary/aromatic N) is 2. The standard InChI is InChI=1S/C19H23N5O.HI/c1-2-20-19(23-13-15-7-5-6-10-21-15)22-12-14-11-18(25)24-17-9-4-3-8-16(14)17;/h3-10,14H,2,11-13H2,1H3,(H,24,25)(H2,20,22,23);1H. The molecule has 26 heavy (non-hydrogen) atoms. The molecule has 6 nitrogen and oxygen atoms in total. The van der Waals surface area contributed by atoms with Gasteiger partial charge in [0.05, 0.1) is 12.2 Å². The molecular weight excluding hydrogens is 441 g/mol. The van der Waals surface area contributed by atoms with Gasteiger partial charge in [0.2, 0.25) is 5.91 Å². The number of halogens is 1. The minimum atomic E-state index is 0. The Labute approximate surface area is 170 Å². The molecule has 2 aromatic rings. The zero-order valence-electron chi connectivity index (χ0n) is 14.7. The largest absolute Gasteiger partial charge is 0.357 e. The Kier molecular flexibility index (Phi) is 7.83. The second-order valence-electron chi connectivity index (χ2n) is 5.93. The molecule has 0 aliphatic carbocycles. The molecule has 1 atom stereocenters. The molecule has 1 aliphatic heterocycles. The zero-order chi connectivity index (χ0) is 17.5. The van der Waals surface area contributed by atoms with Crippen LogP contribution in [0.15, 0.2) is 53.7 Å². The number of guanidine groups is 1. The monoisotopic (exact) mass is 465 g/mol. The Morgan fingerprint density at radius 3 is 2.81 bits per heavy atom. The van der Waals surface area contributed by atoms with Crippen molar-refractivity contribution in [2.24, 2.45) is 4.99 Å². The van der Waals surface area contributed by atoms with Gasteiger partial charge in [-0.05, 0) is 30.7 Å². The SMILES string of the molecule is CCNC(=NCc1ccccn1)NCC1CC(=O)Nc2ccccc21.I. The van der Waals surface area contributed by atoms with Gasteiger partial charge in [-0.3, -0.25) is 9.78 Å². The molecule has 0 saturated carbocycles. The first kappa shape index (κ1) is 20.2. The Bertz CT molecular complexity index is 751. The van der Waals surface area contributed by atoms with E-state index in [1.165, 1.54) is 0 Å². The third-order valence-electron chi connectivity index (χ3n) is 4.09. The van der Waals surface area contributed by atoms with Gasteiger partial charge >= 0.3 is 0 Å². The second kappa shape index (κ2) is 10.1. The lowest BCUT2D eigenvalue weighted by atomic mass is 9.90. The molecule has 3 N–H and O–H groups in total.